The minimum Gasteiger partial charge on any atom is -0.336 e. The van der Waals surface area contributed by atoms with E-state index in [0.29, 0.717) is 25.9 Å². The number of aromatic nitrogens is 2. The van der Waals surface area contributed by atoms with Crippen molar-refractivity contribution in [2.75, 3.05) is 18.4 Å². The fourth-order valence-corrected chi connectivity index (χ4v) is 4.73. The number of benzene rings is 1. The van der Waals surface area contributed by atoms with Crippen LogP contribution in [0.5, 0.6) is 0 Å². The Kier molecular flexibility index (Phi) is 5.96. The zero-order valence-corrected chi connectivity index (χ0v) is 16.6. The zero-order valence-electron chi connectivity index (χ0n) is 15.8. The van der Waals surface area contributed by atoms with Crippen LogP contribution in [0.3, 0.4) is 0 Å². The summed E-state index contributed by atoms with van der Waals surface area (Å²) in [5.74, 6) is -0.505. The Bertz CT molecular complexity index is 907. The number of sulfonamides is 1. The molecule has 0 saturated carbocycles. The highest BCUT2D eigenvalue weighted by Gasteiger charge is 2.34. The molecule has 8 heteroatoms. The van der Waals surface area contributed by atoms with Crippen molar-refractivity contribution in [3.8, 4) is 0 Å². The summed E-state index contributed by atoms with van der Waals surface area (Å²) in [6.07, 6.45) is 5.27. The second-order valence-corrected chi connectivity index (χ2v) is 8.67. The SMILES string of the molecule is CCc1cccc(NC(=O)C2CCCN(S(=O)(=O)c3cn(CC)cn3)C2)c1. The van der Waals surface area contributed by atoms with E-state index in [9.17, 15) is 13.2 Å². The number of piperidine rings is 1. The standard InChI is InChI=1S/C19H26N4O3S/c1-3-15-7-5-9-17(11-15)21-19(24)16-8-6-10-23(12-16)27(25,26)18-13-22(4-2)14-20-18/h5,7,9,11,13-14,16H,3-4,6,8,10,12H2,1-2H3,(H,21,24). The third-order valence-corrected chi connectivity index (χ3v) is 6.69. The first kappa shape index (κ1) is 19.6. The van der Waals surface area contributed by atoms with E-state index < -0.39 is 10.0 Å². The first-order valence-electron chi connectivity index (χ1n) is 9.35. The molecule has 0 bridgehead atoms. The topological polar surface area (TPSA) is 84.3 Å². The van der Waals surface area contributed by atoms with E-state index in [1.807, 2.05) is 31.2 Å². The Morgan fingerprint density at radius 3 is 2.85 bits per heavy atom. The zero-order chi connectivity index (χ0) is 19.4. The van der Waals surface area contributed by atoms with Gasteiger partial charge in [-0.05, 0) is 43.9 Å². The highest BCUT2D eigenvalue weighted by molar-refractivity contribution is 7.89. The summed E-state index contributed by atoms with van der Waals surface area (Å²) in [7, 11) is -3.68. The van der Waals surface area contributed by atoms with Crippen LogP contribution in [-0.2, 0) is 27.8 Å². The molecule has 1 aliphatic rings. The Labute approximate surface area is 160 Å². The van der Waals surface area contributed by atoms with E-state index >= 15 is 0 Å². The molecule has 1 aromatic heterocycles. The van der Waals surface area contributed by atoms with Crippen molar-refractivity contribution in [1.82, 2.24) is 13.9 Å². The van der Waals surface area contributed by atoms with Crippen LogP contribution in [0.15, 0.2) is 41.8 Å². The number of imidazole rings is 1. The van der Waals surface area contributed by atoms with Gasteiger partial charge < -0.3 is 9.88 Å². The monoisotopic (exact) mass is 390 g/mol. The van der Waals surface area contributed by atoms with Crippen LogP contribution in [0, 0.1) is 5.92 Å². The van der Waals surface area contributed by atoms with Gasteiger partial charge in [0.1, 0.15) is 0 Å². The highest BCUT2D eigenvalue weighted by Crippen LogP contribution is 2.24. The predicted octanol–water partition coefficient (Wildman–Crippen LogP) is 2.50. The number of nitrogens with zero attached hydrogens (tertiary/aromatic N) is 3. The summed E-state index contributed by atoms with van der Waals surface area (Å²) in [6.45, 7) is 5.24. The first-order chi connectivity index (χ1) is 12.9. The summed E-state index contributed by atoms with van der Waals surface area (Å²) in [4.78, 5) is 16.7. The van der Waals surface area contributed by atoms with Gasteiger partial charge >= 0.3 is 0 Å². The van der Waals surface area contributed by atoms with Crippen molar-refractivity contribution in [2.24, 2.45) is 5.92 Å². The first-order valence-corrected chi connectivity index (χ1v) is 10.8. The van der Waals surface area contributed by atoms with E-state index in [0.717, 1.165) is 17.7 Å². The van der Waals surface area contributed by atoms with Crippen molar-refractivity contribution in [3.63, 3.8) is 0 Å². The molecular weight excluding hydrogens is 364 g/mol. The van der Waals surface area contributed by atoms with Crippen molar-refractivity contribution in [2.45, 2.75) is 44.7 Å². The smallest absolute Gasteiger partial charge is 0.262 e. The van der Waals surface area contributed by atoms with Gasteiger partial charge in [0, 0.05) is 31.5 Å². The molecule has 0 aliphatic carbocycles. The van der Waals surface area contributed by atoms with Gasteiger partial charge in [0.15, 0.2) is 5.03 Å². The average Bonchev–Trinajstić information content (AvgIpc) is 3.18. The van der Waals surface area contributed by atoms with Crippen molar-refractivity contribution >= 4 is 21.6 Å². The van der Waals surface area contributed by atoms with Crippen LogP contribution in [0.25, 0.3) is 0 Å². The number of nitrogens with one attached hydrogen (secondary N) is 1. The Morgan fingerprint density at radius 2 is 2.15 bits per heavy atom. The van der Waals surface area contributed by atoms with Gasteiger partial charge in [0.25, 0.3) is 10.0 Å². The van der Waals surface area contributed by atoms with E-state index in [1.54, 1.807) is 4.57 Å². The minimum atomic E-state index is -3.68. The van der Waals surface area contributed by atoms with E-state index in [1.165, 1.54) is 16.8 Å². The number of carbonyl (C=O) groups excluding carboxylic acids is 1. The van der Waals surface area contributed by atoms with Gasteiger partial charge in [-0.25, -0.2) is 13.4 Å². The molecule has 1 amide bonds. The summed E-state index contributed by atoms with van der Waals surface area (Å²) in [6, 6.07) is 7.73. The van der Waals surface area contributed by atoms with Gasteiger partial charge in [-0.1, -0.05) is 19.1 Å². The largest absolute Gasteiger partial charge is 0.336 e. The number of amides is 1. The summed E-state index contributed by atoms with van der Waals surface area (Å²) in [5.41, 5.74) is 1.90. The van der Waals surface area contributed by atoms with Gasteiger partial charge in [0.2, 0.25) is 5.91 Å². The van der Waals surface area contributed by atoms with Crippen molar-refractivity contribution < 1.29 is 13.2 Å². The van der Waals surface area contributed by atoms with Crippen LogP contribution in [0.4, 0.5) is 5.69 Å². The van der Waals surface area contributed by atoms with Crippen molar-refractivity contribution in [3.05, 3.63) is 42.4 Å². The lowest BCUT2D eigenvalue weighted by molar-refractivity contribution is -0.120. The third kappa shape index (κ3) is 4.39. The van der Waals surface area contributed by atoms with Crippen molar-refractivity contribution in [1.29, 1.82) is 0 Å². The molecule has 2 heterocycles. The maximum atomic E-state index is 12.8. The number of rotatable bonds is 6. The molecule has 7 nitrogen and oxygen atoms in total. The molecule has 1 fully saturated rings. The van der Waals surface area contributed by atoms with Gasteiger partial charge in [0.05, 0.1) is 12.2 Å². The lowest BCUT2D eigenvalue weighted by atomic mass is 9.98. The second kappa shape index (κ2) is 8.22. The molecule has 0 radical (unpaired) electrons. The maximum absolute atomic E-state index is 12.8. The number of aryl methyl sites for hydroxylation is 2. The fourth-order valence-electron chi connectivity index (χ4n) is 3.27. The Hall–Kier alpha value is -2.19. The second-order valence-electron chi connectivity index (χ2n) is 6.79. The number of carbonyl (C=O) groups is 1. The predicted molar refractivity (Wildman–Crippen MR) is 104 cm³/mol. The van der Waals surface area contributed by atoms with Gasteiger partial charge in [-0.2, -0.15) is 4.31 Å². The lowest BCUT2D eigenvalue weighted by Gasteiger charge is -2.30. The average molecular weight is 391 g/mol. The molecule has 2 aromatic rings. The lowest BCUT2D eigenvalue weighted by Crippen LogP contribution is -2.43. The number of hydrogen-bond donors (Lipinski definition) is 1. The number of hydrogen-bond acceptors (Lipinski definition) is 4. The Morgan fingerprint density at radius 1 is 1.33 bits per heavy atom. The van der Waals surface area contributed by atoms with Crippen LogP contribution in [0.1, 0.15) is 32.3 Å². The van der Waals surface area contributed by atoms with E-state index in [-0.39, 0.29) is 23.4 Å². The molecule has 1 saturated heterocycles. The summed E-state index contributed by atoms with van der Waals surface area (Å²) in [5, 5.41) is 2.97. The molecule has 1 atom stereocenters. The summed E-state index contributed by atoms with van der Waals surface area (Å²) >= 11 is 0. The molecule has 1 aromatic carbocycles. The Balaban J connectivity index is 1.70. The molecule has 27 heavy (non-hydrogen) atoms. The van der Waals surface area contributed by atoms with Gasteiger partial charge in [-0.15, -0.1) is 0 Å². The maximum Gasteiger partial charge on any atom is 0.262 e. The minimum absolute atomic E-state index is 0.0426. The van der Waals surface area contributed by atoms with Crippen LogP contribution in [-0.4, -0.2) is 41.3 Å². The van der Waals surface area contributed by atoms with Crippen LogP contribution >= 0.6 is 0 Å². The molecule has 1 N–H and O–H groups in total. The molecule has 1 aliphatic heterocycles. The molecule has 1 unspecified atom stereocenters. The molecular formula is C19H26N4O3S. The van der Waals surface area contributed by atoms with Crippen LogP contribution < -0.4 is 5.32 Å². The quantitative estimate of drug-likeness (QED) is 0.821. The van der Waals surface area contributed by atoms with E-state index in [4.69, 9.17) is 0 Å². The van der Waals surface area contributed by atoms with Gasteiger partial charge in [-0.3, -0.25) is 4.79 Å². The highest BCUT2D eigenvalue weighted by atomic mass is 32.2. The van der Waals surface area contributed by atoms with E-state index in [2.05, 4.69) is 17.2 Å². The molecule has 146 valence electrons. The summed E-state index contributed by atoms with van der Waals surface area (Å²) < 4.78 is 28.8. The third-order valence-electron chi connectivity index (χ3n) is 4.94. The van der Waals surface area contributed by atoms with Crippen LogP contribution in [0.2, 0.25) is 0 Å². The molecule has 0 spiro atoms. The number of anilines is 1. The molecule has 3 rings (SSSR count). The normalized spacial score (nSPS) is 18.4. The fraction of sp³-hybridized carbons (Fsp3) is 0.474.